The van der Waals surface area contributed by atoms with Crippen molar-refractivity contribution in [3.63, 3.8) is 0 Å². The Bertz CT molecular complexity index is 734. The monoisotopic (exact) mass is 357 g/mol. The van der Waals surface area contributed by atoms with Crippen LogP contribution in [0.2, 0.25) is 0 Å². The van der Waals surface area contributed by atoms with Gasteiger partial charge in [0.05, 0.1) is 15.6 Å². The van der Waals surface area contributed by atoms with E-state index in [1.54, 1.807) is 25.4 Å². The van der Waals surface area contributed by atoms with Crippen molar-refractivity contribution >= 4 is 31.7 Å². The van der Waals surface area contributed by atoms with Crippen LogP contribution < -0.4 is 10.1 Å². The van der Waals surface area contributed by atoms with Gasteiger partial charge < -0.3 is 10.1 Å². The topological polar surface area (TPSA) is 81.2 Å². The van der Waals surface area contributed by atoms with Gasteiger partial charge in [-0.1, -0.05) is 6.07 Å². The highest BCUT2D eigenvalue weighted by atomic mass is 79.9. The minimum atomic E-state index is -3.28. The van der Waals surface area contributed by atoms with E-state index in [0.29, 0.717) is 22.1 Å². The molecular formula is C12H12BrN3O3S. The molecule has 0 fully saturated rings. The molecule has 0 amide bonds. The Balaban J connectivity index is 2.35. The third kappa shape index (κ3) is 3.45. The van der Waals surface area contributed by atoms with Crippen LogP contribution in [0.15, 0.2) is 39.8 Å². The van der Waals surface area contributed by atoms with Crippen molar-refractivity contribution < 1.29 is 13.2 Å². The van der Waals surface area contributed by atoms with E-state index in [0.717, 1.165) is 6.26 Å². The summed E-state index contributed by atoms with van der Waals surface area (Å²) in [6.07, 6.45) is 2.69. The molecule has 2 aromatic rings. The fourth-order valence-electron chi connectivity index (χ4n) is 1.42. The first-order valence-corrected chi connectivity index (χ1v) is 8.27. The van der Waals surface area contributed by atoms with Crippen LogP contribution in [0.1, 0.15) is 0 Å². The van der Waals surface area contributed by atoms with E-state index in [2.05, 4.69) is 31.2 Å². The number of anilines is 1. The predicted molar refractivity (Wildman–Crippen MR) is 78.9 cm³/mol. The van der Waals surface area contributed by atoms with Crippen molar-refractivity contribution in [2.75, 3.05) is 18.6 Å². The van der Waals surface area contributed by atoms with Crippen molar-refractivity contribution in [3.05, 3.63) is 34.9 Å². The molecule has 0 atom stereocenters. The predicted octanol–water partition coefficient (Wildman–Crippen LogP) is 2.48. The highest BCUT2D eigenvalue weighted by Gasteiger charge is 2.11. The normalized spacial score (nSPS) is 11.2. The van der Waals surface area contributed by atoms with Crippen molar-refractivity contribution in [1.82, 2.24) is 9.97 Å². The van der Waals surface area contributed by atoms with Gasteiger partial charge in [0, 0.05) is 13.3 Å². The minimum Gasteiger partial charge on any atom is -0.438 e. The van der Waals surface area contributed by atoms with E-state index in [9.17, 15) is 8.42 Å². The minimum absolute atomic E-state index is 0.189. The Hall–Kier alpha value is -1.67. The Morgan fingerprint density at radius 3 is 2.75 bits per heavy atom. The maximum atomic E-state index is 11.5. The summed E-state index contributed by atoms with van der Waals surface area (Å²) in [6.45, 7) is 0. The third-order valence-corrected chi connectivity index (χ3v) is 4.04. The van der Waals surface area contributed by atoms with Crippen LogP contribution in [0, 0.1) is 0 Å². The van der Waals surface area contributed by atoms with Gasteiger partial charge in [-0.05, 0) is 34.1 Å². The highest BCUT2D eigenvalue weighted by molar-refractivity contribution is 9.10. The summed E-state index contributed by atoms with van der Waals surface area (Å²) in [5.41, 5.74) is 0. The van der Waals surface area contributed by atoms with Crippen molar-refractivity contribution in [2.45, 2.75) is 4.90 Å². The van der Waals surface area contributed by atoms with Gasteiger partial charge in [0.25, 0.3) is 0 Å². The van der Waals surface area contributed by atoms with Crippen LogP contribution >= 0.6 is 15.9 Å². The summed E-state index contributed by atoms with van der Waals surface area (Å²) in [6, 6.07) is 6.22. The molecule has 1 N–H and O–H groups in total. The molecule has 0 saturated carbocycles. The lowest BCUT2D eigenvalue weighted by Crippen LogP contribution is -2.00. The summed E-state index contributed by atoms with van der Waals surface area (Å²) < 4.78 is 29.2. The largest absolute Gasteiger partial charge is 0.438 e. The number of hydrogen-bond donors (Lipinski definition) is 1. The number of nitrogens with zero attached hydrogens (tertiary/aromatic N) is 2. The number of halogens is 1. The number of ether oxygens (including phenoxy) is 1. The number of nitrogens with one attached hydrogen (secondary N) is 1. The fraction of sp³-hybridized carbons (Fsp3) is 0.167. The Labute approximate surface area is 125 Å². The van der Waals surface area contributed by atoms with E-state index in [1.807, 2.05) is 0 Å². The first-order valence-electron chi connectivity index (χ1n) is 5.58. The van der Waals surface area contributed by atoms with Gasteiger partial charge in [-0.25, -0.2) is 13.4 Å². The quantitative estimate of drug-likeness (QED) is 0.904. The zero-order valence-corrected chi connectivity index (χ0v) is 13.2. The first kappa shape index (κ1) is 14.7. The molecule has 0 aliphatic heterocycles. The second-order valence-electron chi connectivity index (χ2n) is 3.95. The molecule has 8 heteroatoms. The maximum Gasteiger partial charge on any atom is 0.238 e. The molecule has 0 radical (unpaired) electrons. The van der Waals surface area contributed by atoms with Crippen LogP contribution in [0.3, 0.4) is 0 Å². The molecule has 0 saturated heterocycles. The molecule has 0 aliphatic rings. The standard InChI is InChI=1S/C12H12BrN3O3S/c1-14-12-15-7-10(13)11(16-12)19-8-4-3-5-9(6-8)20(2,17)18/h3-7H,1-2H3,(H,14,15,16). The molecular weight excluding hydrogens is 346 g/mol. The molecule has 2 rings (SSSR count). The molecule has 1 aromatic carbocycles. The van der Waals surface area contributed by atoms with Crippen molar-refractivity contribution in [3.8, 4) is 11.6 Å². The summed E-state index contributed by atoms with van der Waals surface area (Å²) in [5.74, 6) is 1.09. The molecule has 6 nitrogen and oxygen atoms in total. The average Bonchev–Trinajstić information content (AvgIpc) is 2.41. The van der Waals surface area contributed by atoms with E-state index in [1.165, 1.54) is 12.1 Å². The Morgan fingerprint density at radius 1 is 1.35 bits per heavy atom. The summed E-state index contributed by atoms with van der Waals surface area (Å²) >= 11 is 3.28. The molecule has 0 aliphatic carbocycles. The van der Waals surface area contributed by atoms with Crippen LogP contribution in [0.4, 0.5) is 5.95 Å². The van der Waals surface area contributed by atoms with Gasteiger partial charge in [0.1, 0.15) is 5.75 Å². The van der Waals surface area contributed by atoms with Gasteiger partial charge in [-0.2, -0.15) is 4.98 Å². The van der Waals surface area contributed by atoms with Crippen LogP contribution in [-0.4, -0.2) is 31.7 Å². The summed E-state index contributed by atoms with van der Waals surface area (Å²) in [4.78, 5) is 8.34. The van der Waals surface area contributed by atoms with Crippen LogP contribution in [0.25, 0.3) is 0 Å². The van der Waals surface area contributed by atoms with Gasteiger partial charge >= 0.3 is 0 Å². The zero-order valence-electron chi connectivity index (χ0n) is 10.8. The van der Waals surface area contributed by atoms with Gasteiger partial charge in [0.15, 0.2) is 9.84 Å². The van der Waals surface area contributed by atoms with Crippen LogP contribution in [0.5, 0.6) is 11.6 Å². The van der Waals surface area contributed by atoms with Crippen LogP contribution in [-0.2, 0) is 9.84 Å². The molecule has 20 heavy (non-hydrogen) atoms. The number of hydrogen-bond acceptors (Lipinski definition) is 6. The lowest BCUT2D eigenvalue weighted by Gasteiger charge is -2.08. The number of rotatable bonds is 4. The molecule has 1 aromatic heterocycles. The Morgan fingerprint density at radius 2 is 2.10 bits per heavy atom. The Kier molecular flexibility index (Phi) is 4.24. The highest BCUT2D eigenvalue weighted by Crippen LogP contribution is 2.28. The number of benzene rings is 1. The first-order chi connectivity index (χ1) is 9.40. The van der Waals surface area contributed by atoms with E-state index < -0.39 is 9.84 Å². The van der Waals surface area contributed by atoms with E-state index in [-0.39, 0.29) is 4.90 Å². The number of sulfone groups is 1. The van der Waals surface area contributed by atoms with E-state index >= 15 is 0 Å². The molecule has 106 valence electrons. The average molecular weight is 358 g/mol. The third-order valence-electron chi connectivity index (χ3n) is 2.38. The fourth-order valence-corrected chi connectivity index (χ4v) is 2.35. The second kappa shape index (κ2) is 5.76. The van der Waals surface area contributed by atoms with E-state index in [4.69, 9.17) is 4.74 Å². The van der Waals surface area contributed by atoms with Gasteiger partial charge in [-0.15, -0.1) is 0 Å². The molecule has 0 unspecified atom stereocenters. The molecule has 0 bridgehead atoms. The zero-order chi connectivity index (χ0) is 14.8. The summed E-state index contributed by atoms with van der Waals surface area (Å²) in [5, 5.41) is 2.80. The lowest BCUT2D eigenvalue weighted by atomic mass is 10.3. The second-order valence-corrected chi connectivity index (χ2v) is 6.82. The van der Waals surface area contributed by atoms with Gasteiger partial charge in [0.2, 0.25) is 11.8 Å². The maximum absolute atomic E-state index is 11.5. The number of aromatic nitrogens is 2. The summed E-state index contributed by atoms with van der Waals surface area (Å²) in [7, 11) is -1.59. The van der Waals surface area contributed by atoms with Crippen molar-refractivity contribution in [2.24, 2.45) is 0 Å². The molecule has 1 heterocycles. The SMILES string of the molecule is CNc1ncc(Br)c(Oc2cccc(S(C)(=O)=O)c2)n1. The lowest BCUT2D eigenvalue weighted by molar-refractivity contribution is 0.457. The smallest absolute Gasteiger partial charge is 0.238 e. The van der Waals surface area contributed by atoms with Crippen molar-refractivity contribution in [1.29, 1.82) is 0 Å². The molecule has 0 spiro atoms. The van der Waals surface area contributed by atoms with Gasteiger partial charge in [-0.3, -0.25) is 0 Å².